The van der Waals surface area contributed by atoms with E-state index in [9.17, 15) is 4.79 Å². The lowest BCUT2D eigenvalue weighted by Crippen LogP contribution is -2.48. The number of allylic oxidation sites excluding steroid dienone is 1. The number of rotatable bonds is 3. The first kappa shape index (κ1) is 10.2. The van der Waals surface area contributed by atoms with Crippen molar-refractivity contribution in [2.24, 2.45) is 11.5 Å². The minimum atomic E-state index is -0.905. The molecule has 1 amide bonds. The van der Waals surface area contributed by atoms with Gasteiger partial charge in [-0.1, -0.05) is 11.6 Å². The third-order valence-electron chi connectivity index (χ3n) is 1.50. The zero-order valence-corrected chi connectivity index (χ0v) is 7.35. The normalized spacial score (nSPS) is 15.3. The van der Waals surface area contributed by atoms with Crippen LogP contribution in [0.2, 0.25) is 0 Å². The summed E-state index contributed by atoms with van der Waals surface area (Å²) in [7, 11) is 0. The molecule has 1 atom stereocenters. The number of nitrogens with two attached hydrogens (primary N) is 2. The minimum Gasteiger partial charge on any atom is -0.368 e. The van der Waals surface area contributed by atoms with E-state index in [1.807, 2.05) is 19.9 Å². The molecule has 0 rings (SSSR count). The Morgan fingerprint density at radius 2 is 2.00 bits per heavy atom. The van der Waals surface area contributed by atoms with Crippen molar-refractivity contribution in [3.63, 3.8) is 0 Å². The van der Waals surface area contributed by atoms with Crippen molar-refractivity contribution in [1.82, 2.24) is 0 Å². The molecule has 0 unspecified atom stereocenters. The molecule has 0 saturated heterocycles. The van der Waals surface area contributed by atoms with E-state index in [-0.39, 0.29) is 0 Å². The molecule has 0 radical (unpaired) electrons. The van der Waals surface area contributed by atoms with Crippen molar-refractivity contribution >= 4 is 5.91 Å². The second-order valence-corrected chi connectivity index (χ2v) is 3.27. The monoisotopic (exact) mass is 156 g/mol. The number of hydrogen-bond acceptors (Lipinski definition) is 2. The quantitative estimate of drug-likeness (QED) is 0.586. The van der Waals surface area contributed by atoms with Gasteiger partial charge in [-0.2, -0.15) is 0 Å². The summed E-state index contributed by atoms with van der Waals surface area (Å²) in [5, 5.41) is 0. The van der Waals surface area contributed by atoms with Crippen molar-refractivity contribution in [3.05, 3.63) is 11.6 Å². The average Bonchev–Trinajstić information content (AvgIpc) is 1.84. The molecule has 0 aromatic heterocycles. The van der Waals surface area contributed by atoms with E-state index in [0.717, 1.165) is 5.57 Å². The largest absolute Gasteiger partial charge is 0.368 e. The van der Waals surface area contributed by atoms with Gasteiger partial charge in [-0.25, -0.2) is 0 Å². The van der Waals surface area contributed by atoms with Crippen LogP contribution in [0.4, 0.5) is 0 Å². The Morgan fingerprint density at radius 3 is 2.27 bits per heavy atom. The molecule has 0 aliphatic heterocycles. The molecule has 0 bridgehead atoms. The standard InChI is InChI=1S/C8H16N2O/c1-6(2)4-5-8(3,10)7(9)11/h4H,5,10H2,1-3H3,(H2,9,11)/t8-/m0/s1. The van der Waals surface area contributed by atoms with E-state index in [2.05, 4.69) is 0 Å². The minimum absolute atomic E-state index is 0.463. The lowest BCUT2D eigenvalue weighted by Gasteiger charge is -2.17. The molecular formula is C8H16N2O. The van der Waals surface area contributed by atoms with Crippen LogP contribution in [0.25, 0.3) is 0 Å². The molecule has 0 aliphatic carbocycles. The summed E-state index contributed by atoms with van der Waals surface area (Å²) in [6, 6.07) is 0. The Labute approximate surface area is 67.4 Å². The van der Waals surface area contributed by atoms with Gasteiger partial charge < -0.3 is 11.5 Å². The second-order valence-electron chi connectivity index (χ2n) is 3.27. The van der Waals surface area contributed by atoms with E-state index in [0.29, 0.717) is 6.42 Å². The summed E-state index contributed by atoms with van der Waals surface area (Å²) in [4.78, 5) is 10.7. The molecule has 0 aliphatic rings. The summed E-state index contributed by atoms with van der Waals surface area (Å²) < 4.78 is 0. The fourth-order valence-corrected chi connectivity index (χ4v) is 0.517. The number of carbonyl (C=O) groups excluding carboxylic acids is 1. The van der Waals surface area contributed by atoms with Crippen LogP contribution in [0.3, 0.4) is 0 Å². The van der Waals surface area contributed by atoms with Crippen molar-refractivity contribution < 1.29 is 4.79 Å². The highest BCUT2D eigenvalue weighted by atomic mass is 16.1. The highest BCUT2D eigenvalue weighted by Crippen LogP contribution is 2.07. The zero-order valence-electron chi connectivity index (χ0n) is 7.35. The summed E-state index contributed by atoms with van der Waals surface area (Å²) >= 11 is 0. The maximum Gasteiger partial charge on any atom is 0.237 e. The Hall–Kier alpha value is -0.830. The fraction of sp³-hybridized carbons (Fsp3) is 0.625. The van der Waals surface area contributed by atoms with E-state index in [1.165, 1.54) is 0 Å². The van der Waals surface area contributed by atoms with Crippen LogP contribution in [0.5, 0.6) is 0 Å². The summed E-state index contributed by atoms with van der Waals surface area (Å²) in [6.07, 6.45) is 2.41. The third-order valence-corrected chi connectivity index (χ3v) is 1.50. The number of carbonyl (C=O) groups is 1. The number of hydrogen-bond donors (Lipinski definition) is 2. The average molecular weight is 156 g/mol. The van der Waals surface area contributed by atoms with Crippen LogP contribution in [-0.2, 0) is 4.79 Å². The Balaban J connectivity index is 4.14. The molecule has 3 heteroatoms. The molecule has 0 heterocycles. The molecule has 0 aromatic rings. The van der Waals surface area contributed by atoms with Crippen molar-refractivity contribution in [1.29, 1.82) is 0 Å². The summed E-state index contributed by atoms with van der Waals surface area (Å²) in [5.74, 6) is -0.463. The van der Waals surface area contributed by atoms with Gasteiger partial charge in [0.2, 0.25) is 5.91 Å². The Morgan fingerprint density at radius 1 is 1.55 bits per heavy atom. The topological polar surface area (TPSA) is 69.1 Å². The van der Waals surface area contributed by atoms with Crippen LogP contribution < -0.4 is 11.5 Å². The van der Waals surface area contributed by atoms with Gasteiger partial charge in [0.15, 0.2) is 0 Å². The Kier molecular flexibility index (Phi) is 3.26. The molecule has 0 aromatic carbocycles. The molecule has 0 saturated carbocycles. The molecule has 64 valence electrons. The van der Waals surface area contributed by atoms with Gasteiger partial charge in [0, 0.05) is 0 Å². The van der Waals surface area contributed by atoms with E-state index < -0.39 is 11.4 Å². The van der Waals surface area contributed by atoms with Gasteiger partial charge in [0.05, 0.1) is 5.54 Å². The molecule has 0 fully saturated rings. The maximum atomic E-state index is 10.7. The number of primary amides is 1. The summed E-state index contributed by atoms with van der Waals surface area (Å²) in [6.45, 7) is 5.54. The van der Waals surface area contributed by atoms with E-state index in [4.69, 9.17) is 11.5 Å². The van der Waals surface area contributed by atoms with Gasteiger partial charge >= 0.3 is 0 Å². The second kappa shape index (κ2) is 3.53. The van der Waals surface area contributed by atoms with Crippen molar-refractivity contribution in [2.75, 3.05) is 0 Å². The highest BCUT2D eigenvalue weighted by Gasteiger charge is 2.23. The molecule has 3 nitrogen and oxygen atoms in total. The molecule has 0 spiro atoms. The summed E-state index contributed by atoms with van der Waals surface area (Å²) in [5.41, 5.74) is 10.9. The first-order chi connectivity index (χ1) is 4.86. The first-order valence-electron chi connectivity index (χ1n) is 3.58. The SMILES string of the molecule is CC(C)=CC[C@](C)(N)C(N)=O. The van der Waals surface area contributed by atoms with Crippen molar-refractivity contribution in [2.45, 2.75) is 32.7 Å². The smallest absolute Gasteiger partial charge is 0.237 e. The predicted molar refractivity (Wildman–Crippen MR) is 45.8 cm³/mol. The van der Waals surface area contributed by atoms with Crippen molar-refractivity contribution in [3.8, 4) is 0 Å². The van der Waals surface area contributed by atoms with Gasteiger partial charge in [0.25, 0.3) is 0 Å². The maximum absolute atomic E-state index is 10.7. The third kappa shape index (κ3) is 3.78. The van der Waals surface area contributed by atoms with Crippen LogP contribution in [0.15, 0.2) is 11.6 Å². The first-order valence-corrected chi connectivity index (χ1v) is 3.58. The van der Waals surface area contributed by atoms with Crippen LogP contribution >= 0.6 is 0 Å². The lowest BCUT2D eigenvalue weighted by atomic mass is 9.97. The van der Waals surface area contributed by atoms with Gasteiger partial charge in [-0.15, -0.1) is 0 Å². The van der Waals surface area contributed by atoms with Crippen LogP contribution in [-0.4, -0.2) is 11.4 Å². The fourth-order valence-electron chi connectivity index (χ4n) is 0.517. The van der Waals surface area contributed by atoms with Gasteiger partial charge in [-0.3, -0.25) is 4.79 Å². The van der Waals surface area contributed by atoms with E-state index >= 15 is 0 Å². The highest BCUT2D eigenvalue weighted by molar-refractivity contribution is 5.84. The van der Waals surface area contributed by atoms with Gasteiger partial charge in [0.1, 0.15) is 0 Å². The van der Waals surface area contributed by atoms with Gasteiger partial charge in [-0.05, 0) is 27.2 Å². The zero-order chi connectivity index (χ0) is 9.07. The predicted octanol–water partition coefficient (Wildman–Crippen LogP) is 0.545. The lowest BCUT2D eigenvalue weighted by molar-refractivity contribution is -0.122. The Bertz CT molecular complexity index is 179. The molecule has 4 N–H and O–H groups in total. The van der Waals surface area contributed by atoms with E-state index in [1.54, 1.807) is 6.92 Å². The van der Waals surface area contributed by atoms with Crippen LogP contribution in [0, 0.1) is 0 Å². The number of amides is 1. The molecule has 11 heavy (non-hydrogen) atoms. The van der Waals surface area contributed by atoms with Crippen LogP contribution in [0.1, 0.15) is 27.2 Å². The molecular weight excluding hydrogens is 140 g/mol.